The van der Waals surface area contributed by atoms with Crippen molar-refractivity contribution in [2.24, 2.45) is 0 Å². The molecule has 0 radical (unpaired) electrons. The van der Waals surface area contributed by atoms with Gasteiger partial charge in [0.25, 0.3) is 0 Å². The highest BCUT2D eigenvalue weighted by atomic mass is 16.2. The summed E-state index contributed by atoms with van der Waals surface area (Å²) in [7, 11) is 4.06. The van der Waals surface area contributed by atoms with Gasteiger partial charge in [0.1, 0.15) is 0 Å². The van der Waals surface area contributed by atoms with Gasteiger partial charge in [-0.25, -0.2) is 0 Å². The van der Waals surface area contributed by atoms with Crippen molar-refractivity contribution in [3.05, 3.63) is 54.1 Å². The van der Waals surface area contributed by atoms with E-state index >= 15 is 0 Å². The van der Waals surface area contributed by atoms with Gasteiger partial charge in [0.2, 0.25) is 0 Å². The van der Waals surface area contributed by atoms with E-state index in [2.05, 4.69) is 58.5 Å². The first-order valence-electron chi connectivity index (χ1n) is 10.6. The van der Waals surface area contributed by atoms with Crippen LogP contribution in [0.1, 0.15) is 38.2 Å². The van der Waals surface area contributed by atoms with E-state index in [-0.39, 0.29) is 6.04 Å². The van der Waals surface area contributed by atoms with Crippen LogP contribution in [0.3, 0.4) is 0 Å². The van der Waals surface area contributed by atoms with E-state index in [9.17, 15) is 9.59 Å². The molecule has 0 saturated carbocycles. The summed E-state index contributed by atoms with van der Waals surface area (Å²) >= 11 is 0. The normalized spacial score (nSPS) is 14.5. The van der Waals surface area contributed by atoms with E-state index in [1.165, 1.54) is 16.9 Å². The second-order valence-corrected chi connectivity index (χ2v) is 8.38. The lowest BCUT2D eigenvalue weighted by Gasteiger charge is -2.34. The number of anilines is 3. The number of amides is 2. The smallest absolute Gasteiger partial charge is 0.313 e. The van der Waals surface area contributed by atoms with E-state index in [0.29, 0.717) is 11.6 Å². The summed E-state index contributed by atoms with van der Waals surface area (Å²) in [6.45, 7) is 5.94. The minimum absolute atomic E-state index is 0.0175. The van der Waals surface area contributed by atoms with Crippen LogP contribution in [0.25, 0.3) is 0 Å². The molecule has 160 valence electrons. The van der Waals surface area contributed by atoms with E-state index in [1.807, 2.05) is 38.4 Å². The zero-order chi connectivity index (χ0) is 21.7. The number of carbonyl (C=O) groups is 2. The minimum Gasteiger partial charge on any atom is -0.378 e. The first-order valence-corrected chi connectivity index (χ1v) is 10.6. The first-order chi connectivity index (χ1) is 14.3. The number of nitrogens with zero attached hydrogens (tertiary/aromatic N) is 2. The van der Waals surface area contributed by atoms with Crippen LogP contribution in [0.4, 0.5) is 17.1 Å². The molecule has 1 heterocycles. The fraction of sp³-hybridized carbons (Fsp3) is 0.417. The lowest BCUT2D eigenvalue weighted by molar-refractivity contribution is -0.136. The van der Waals surface area contributed by atoms with Gasteiger partial charge in [0, 0.05) is 50.3 Å². The zero-order valence-corrected chi connectivity index (χ0v) is 18.3. The maximum atomic E-state index is 12.3. The number of hydrogen-bond acceptors (Lipinski definition) is 4. The molecule has 1 aliphatic rings. The molecule has 1 saturated heterocycles. The van der Waals surface area contributed by atoms with E-state index in [1.54, 1.807) is 0 Å². The third-order valence-corrected chi connectivity index (χ3v) is 5.60. The second kappa shape index (κ2) is 9.65. The van der Waals surface area contributed by atoms with Crippen molar-refractivity contribution in [3.8, 4) is 0 Å². The standard InChI is InChI=1S/C24H32N4O2/c1-17(2)18-5-7-19(8-6-18)25-23(29)24(30)26-20-13-15-28(16-14-20)22-11-9-21(10-12-22)27(3)4/h5-12,17,20H,13-16H2,1-4H3,(H,25,29)(H,26,30). The quantitative estimate of drug-likeness (QED) is 0.742. The van der Waals surface area contributed by atoms with Gasteiger partial charge in [0.05, 0.1) is 0 Å². The molecule has 2 N–H and O–H groups in total. The molecule has 0 aromatic heterocycles. The van der Waals surface area contributed by atoms with E-state index in [0.717, 1.165) is 25.9 Å². The Morgan fingerprint density at radius 3 is 2.07 bits per heavy atom. The Morgan fingerprint density at radius 2 is 1.53 bits per heavy atom. The number of piperidine rings is 1. The van der Waals surface area contributed by atoms with Crippen LogP contribution >= 0.6 is 0 Å². The van der Waals surface area contributed by atoms with Crippen molar-refractivity contribution in [3.63, 3.8) is 0 Å². The van der Waals surface area contributed by atoms with Crippen molar-refractivity contribution < 1.29 is 9.59 Å². The third-order valence-electron chi connectivity index (χ3n) is 5.60. The van der Waals surface area contributed by atoms with Crippen LogP contribution in [0.5, 0.6) is 0 Å². The zero-order valence-electron chi connectivity index (χ0n) is 18.3. The molecule has 0 aliphatic carbocycles. The van der Waals surface area contributed by atoms with Gasteiger partial charge in [0.15, 0.2) is 0 Å². The van der Waals surface area contributed by atoms with Gasteiger partial charge in [-0.15, -0.1) is 0 Å². The molecule has 0 bridgehead atoms. The van der Waals surface area contributed by atoms with Crippen molar-refractivity contribution in [2.45, 2.75) is 38.6 Å². The van der Waals surface area contributed by atoms with Crippen LogP contribution in [-0.4, -0.2) is 45.0 Å². The molecule has 0 spiro atoms. The van der Waals surface area contributed by atoms with Crippen molar-refractivity contribution >= 4 is 28.9 Å². The molecule has 2 amide bonds. The molecule has 6 nitrogen and oxygen atoms in total. The summed E-state index contributed by atoms with van der Waals surface area (Å²) in [6, 6.07) is 16.1. The first kappa shape index (κ1) is 21.7. The molecule has 30 heavy (non-hydrogen) atoms. The molecule has 1 aliphatic heterocycles. The van der Waals surface area contributed by atoms with Gasteiger partial charge in [-0.3, -0.25) is 9.59 Å². The highest BCUT2D eigenvalue weighted by molar-refractivity contribution is 6.39. The van der Waals surface area contributed by atoms with Gasteiger partial charge < -0.3 is 20.4 Å². The topological polar surface area (TPSA) is 64.7 Å². The van der Waals surface area contributed by atoms with Crippen LogP contribution in [-0.2, 0) is 9.59 Å². The van der Waals surface area contributed by atoms with Gasteiger partial charge >= 0.3 is 11.8 Å². The maximum absolute atomic E-state index is 12.3. The number of hydrogen-bond donors (Lipinski definition) is 2. The molecule has 3 rings (SSSR count). The van der Waals surface area contributed by atoms with E-state index < -0.39 is 11.8 Å². The molecule has 2 aromatic carbocycles. The Kier molecular flexibility index (Phi) is 6.98. The Labute approximate surface area is 179 Å². The fourth-order valence-corrected chi connectivity index (χ4v) is 3.63. The summed E-state index contributed by atoms with van der Waals surface area (Å²) in [5.74, 6) is -0.763. The fourth-order valence-electron chi connectivity index (χ4n) is 3.63. The Hall–Kier alpha value is -3.02. The highest BCUT2D eigenvalue weighted by Gasteiger charge is 2.23. The maximum Gasteiger partial charge on any atom is 0.313 e. The average molecular weight is 409 g/mol. The lowest BCUT2D eigenvalue weighted by Crippen LogP contribution is -2.47. The highest BCUT2D eigenvalue weighted by Crippen LogP contribution is 2.23. The third kappa shape index (κ3) is 5.53. The molecule has 6 heteroatoms. The Balaban J connectivity index is 1.46. The second-order valence-electron chi connectivity index (χ2n) is 8.38. The van der Waals surface area contributed by atoms with Crippen LogP contribution in [0, 0.1) is 0 Å². The molecule has 2 aromatic rings. The lowest BCUT2D eigenvalue weighted by atomic mass is 10.0. The van der Waals surface area contributed by atoms with Gasteiger partial charge in [-0.1, -0.05) is 26.0 Å². The number of nitrogens with one attached hydrogen (secondary N) is 2. The molecule has 1 fully saturated rings. The van der Waals surface area contributed by atoms with E-state index in [4.69, 9.17) is 0 Å². The average Bonchev–Trinajstić information content (AvgIpc) is 2.74. The largest absolute Gasteiger partial charge is 0.378 e. The summed E-state index contributed by atoms with van der Waals surface area (Å²) in [5, 5.41) is 5.56. The minimum atomic E-state index is -0.617. The SMILES string of the molecule is CC(C)c1ccc(NC(=O)C(=O)NC2CCN(c3ccc(N(C)C)cc3)CC2)cc1. The Morgan fingerprint density at radius 1 is 0.933 bits per heavy atom. The summed E-state index contributed by atoms with van der Waals surface area (Å²) in [5.41, 5.74) is 4.19. The number of benzene rings is 2. The van der Waals surface area contributed by atoms with Gasteiger partial charge in [-0.2, -0.15) is 0 Å². The van der Waals surface area contributed by atoms with Crippen molar-refractivity contribution in [2.75, 3.05) is 42.3 Å². The van der Waals surface area contributed by atoms with Crippen LogP contribution in [0.15, 0.2) is 48.5 Å². The van der Waals surface area contributed by atoms with Gasteiger partial charge in [-0.05, 0) is 60.7 Å². The molecule has 0 atom stereocenters. The molecular formula is C24H32N4O2. The van der Waals surface area contributed by atoms with Crippen LogP contribution < -0.4 is 20.4 Å². The predicted molar refractivity (Wildman–Crippen MR) is 123 cm³/mol. The van der Waals surface area contributed by atoms with Crippen LogP contribution in [0.2, 0.25) is 0 Å². The summed E-state index contributed by atoms with van der Waals surface area (Å²) < 4.78 is 0. The van der Waals surface area contributed by atoms with Crippen molar-refractivity contribution in [1.29, 1.82) is 0 Å². The number of carbonyl (C=O) groups excluding carboxylic acids is 2. The molecular weight excluding hydrogens is 376 g/mol. The molecule has 0 unspecified atom stereocenters. The number of rotatable bonds is 5. The predicted octanol–water partition coefficient (Wildman–Crippen LogP) is 3.60. The monoisotopic (exact) mass is 408 g/mol. The summed E-state index contributed by atoms with van der Waals surface area (Å²) in [6.07, 6.45) is 1.63. The van der Waals surface area contributed by atoms with Crippen molar-refractivity contribution in [1.82, 2.24) is 5.32 Å². The summed E-state index contributed by atoms with van der Waals surface area (Å²) in [4.78, 5) is 28.9. The Bertz CT molecular complexity index is 852.